The van der Waals surface area contributed by atoms with E-state index >= 15 is 0 Å². The summed E-state index contributed by atoms with van der Waals surface area (Å²) >= 11 is 3.49. The second kappa shape index (κ2) is 5.34. The Hall–Kier alpha value is -0.540. The van der Waals surface area contributed by atoms with Crippen LogP contribution in [0.25, 0.3) is 0 Å². The Bertz CT molecular complexity index is 490. The maximum atomic E-state index is 10.4. The van der Waals surface area contributed by atoms with E-state index in [4.69, 9.17) is 4.74 Å². The lowest BCUT2D eigenvalue weighted by Gasteiger charge is -2.45. The fraction of sp³-hybridized carbons (Fsp3) is 0.647. The van der Waals surface area contributed by atoms with Crippen molar-refractivity contribution in [2.45, 2.75) is 57.7 Å². The van der Waals surface area contributed by atoms with Crippen LogP contribution in [0.5, 0.6) is 5.75 Å². The van der Waals surface area contributed by atoms with Gasteiger partial charge in [-0.3, -0.25) is 0 Å². The quantitative estimate of drug-likeness (QED) is 0.792. The van der Waals surface area contributed by atoms with E-state index in [0.29, 0.717) is 0 Å². The largest absolute Gasteiger partial charge is 0.487 e. The van der Waals surface area contributed by atoms with Crippen LogP contribution < -0.4 is 4.74 Å². The van der Waals surface area contributed by atoms with Gasteiger partial charge in [-0.1, -0.05) is 35.8 Å². The Balaban J connectivity index is 1.81. The summed E-state index contributed by atoms with van der Waals surface area (Å²) in [4.78, 5) is 0. The van der Waals surface area contributed by atoms with Gasteiger partial charge in [-0.15, -0.1) is 0 Å². The zero-order chi connectivity index (χ0) is 14.3. The van der Waals surface area contributed by atoms with E-state index in [-0.39, 0.29) is 11.7 Å². The summed E-state index contributed by atoms with van der Waals surface area (Å²) in [5, 5.41) is 10.4. The number of aliphatic hydroxyl groups excluding tert-OH is 1. The lowest BCUT2D eigenvalue weighted by molar-refractivity contribution is -0.0504. The normalized spacial score (nSPS) is 33.0. The molecule has 20 heavy (non-hydrogen) atoms. The standard InChI is InChI=1S/C17H23BrO2/c1-11(2)12-5-7-17(8-6-12)10-15(19)14-4-3-13(18)9-16(14)20-17/h3-4,9,11-12,15,19H,5-8,10H2,1-2H3. The van der Waals surface area contributed by atoms with Gasteiger partial charge in [-0.2, -0.15) is 0 Å². The second-order valence-corrected chi connectivity index (χ2v) is 7.68. The average Bonchev–Trinajstić information content (AvgIpc) is 2.38. The summed E-state index contributed by atoms with van der Waals surface area (Å²) in [5.41, 5.74) is 0.795. The predicted molar refractivity (Wildman–Crippen MR) is 83.9 cm³/mol. The molecule has 0 aromatic heterocycles. The van der Waals surface area contributed by atoms with Crippen molar-refractivity contribution >= 4 is 15.9 Å². The molecule has 0 bridgehead atoms. The number of halogens is 1. The van der Waals surface area contributed by atoms with Gasteiger partial charge in [-0.05, 0) is 49.7 Å². The number of fused-ring (bicyclic) bond motifs is 1. The molecule has 2 nitrogen and oxygen atoms in total. The molecule has 1 saturated carbocycles. The van der Waals surface area contributed by atoms with Gasteiger partial charge in [0.15, 0.2) is 0 Å². The van der Waals surface area contributed by atoms with E-state index in [9.17, 15) is 5.11 Å². The first kappa shape index (κ1) is 14.4. The first-order valence-electron chi connectivity index (χ1n) is 7.66. The highest BCUT2D eigenvalue weighted by Gasteiger charge is 2.43. The van der Waals surface area contributed by atoms with Crippen LogP contribution in [0.2, 0.25) is 0 Å². The molecular formula is C17H23BrO2. The highest BCUT2D eigenvalue weighted by Crippen LogP contribution is 2.48. The molecule has 1 unspecified atom stereocenters. The molecule has 110 valence electrons. The van der Waals surface area contributed by atoms with Gasteiger partial charge in [0.2, 0.25) is 0 Å². The van der Waals surface area contributed by atoms with E-state index < -0.39 is 0 Å². The molecule has 1 aromatic rings. The highest BCUT2D eigenvalue weighted by atomic mass is 79.9. The van der Waals surface area contributed by atoms with Crippen molar-refractivity contribution < 1.29 is 9.84 Å². The molecule has 0 saturated heterocycles. The maximum Gasteiger partial charge on any atom is 0.127 e. The molecule has 1 N–H and O–H groups in total. The number of benzene rings is 1. The van der Waals surface area contributed by atoms with Crippen molar-refractivity contribution in [3.63, 3.8) is 0 Å². The van der Waals surface area contributed by atoms with Crippen molar-refractivity contribution in [2.24, 2.45) is 11.8 Å². The molecule has 0 radical (unpaired) electrons. The third-order valence-corrected chi connectivity index (χ3v) is 5.60. The lowest BCUT2D eigenvalue weighted by Crippen LogP contribution is -2.44. The van der Waals surface area contributed by atoms with E-state index in [0.717, 1.165) is 46.9 Å². The topological polar surface area (TPSA) is 29.5 Å². The van der Waals surface area contributed by atoms with Crippen LogP contribution >= 0.6 is 15.9 Å². The van der Waals surface area contributed by atoms with Crippen LogP contribution in [0.4, 0.5) is 0 Å². The van der Waals surface area contributed by atoms with Crippen molar-refractivity contribution in [1.29, 1.82) is 0 Å². The van der Waals surface area contributed by atoms with Crippen LogP contribution in [0, 0.1) is 11.8 Å². The fourth-order valence-corrected chi connectivity index (χ4v) is 4.09. The highest BCUT2D eigenvalue weighted by molar-refractivity contribution is 9.10. The Morgan fingerprint density at radius 2 is 2.00 bits per heavy atom. The summed E-state index contributed by atoms with van der Waals surface area (Å²) in [6.45, 7) is 4.62. The molecule has 2 aliphatic rings. The van der Waals surface area contributed by atoms with Gasteiger partial charge in [0.25, 0.3) is 0 Å². The molecule has 1 aromatic carbocycles. The minimum atomic E-state index is -0.387. The third kappa shape index (κ3) is 2.62. The SMILES string of the molecule is CC(C)C1CCC2(CC1)CC(O)c1ccc(Br)cc1O2. The molecule has 0 amide bonds. The summed E-state index contributed by atoms with van der Waals surface area (Å²) in [6.07, 6.45) is 4.92. The molecule has 1 spiro atoms. The van der Waals surface area contributed by atoms with E-state index in [1.807, 2.05) is 18.2 Å². The van der Waals surface area contributed by atoms with E-state index in [1.54, 1.807) is 0 Å². The van der Waals surface area contributed by atoms with Crippen LogP contribution in [-0.4, -0.2) is 10.7 Å². The lowest BCUT2D eigenvalue weighted by atomic mass is 9.71. The zero-order valence-corrected chi connectivity index (χ0v) is 13.8. The van der Waals surface area contributed by atoms with Crippen molar-refractivity contribution in [3.05, 3.63) is 28.2 Å². The summed E-state index contributed by atoms with van der Waals surface area (Å²) in [5.74, 6) is 2.42. The predicted octanol–water partition coefficient (Wildman–Crippen LogP) is 4.85. The first-order chi connectivity index (χ1) is 9.49. The van der Waals surface area contributed by atoms with Crippen LogP contribution in [0.1, 0.15) is 57.6 Å². The summed E-state index contributed by atoms with van der Waals surface area (Å²) in [7, 11) is 0. The Morgan fingerprint density at radius 3 is 2.65 bits per heavy atom. The van der Waals surface area contributed by atoms with Crippen LogP contribution in [0.3, 0.4) is 0 Å². The molecule has 1 fully saturated rings. The minimum absolute atomic E-state index is 0.140. The minimum Gasteiger partial charge on any atom is -0.487 e. The first-order valence-corrected chi connectivity index (χ1v) is 8.45. The number of rotatable bonds is 1. The van der Waals surface area contributed by atoms with Gasteiger partial charge >= 0.3 is 0 Å². The van der Waals surface area contributed by atoms with Crippen LogP contribution in [-0.2, 0) is 0 Å². The number of ether oxygens (including phenoxy) is 1. The van der Waals surface area contributed by atoms with Gasteiger partial charge in [0, 0.05) is 16.5 Å². The van der Waals surface area contributed by atoms with Crippen molar-refractivity contribution in [1.82, 2.24) is 0 Å². The molecule has 1 aliphatic heterocycles. The number of aliphatic hydroxyl groups is 1. The smallest absolute Gasteiger partial charge is 0.127 e. The third-order valence-electron chi connectivity index (χ3n) is 5.11. The molecule has 1 aliphatic carbocycles. The molecule has 1 heterocycles. The van der Waals surface area contributed by atoms with Crippen LogP contribution in [0.15, 0.2) is 22.7 Å². The Morgan fingerprint density at radius 1 is 1.30 bits per heavy atom. The van der Waals surface area contributed by atoms with Gasteiger partial charge in [-0.25, -0.2) is 0 Å². The molecular weight excluding hydrogens is 316 g/mol. The monoisotopic (exact) mass is 338 g/mol. The van der Waals surface area contributed by atoms with Crippen molar-refractivity contribution in [3.8, 4) is 5.75 Å². The second-order valence-electron chi connectivity index (χ2n) is 6.77. The van der Waals surface area contributed by atoms with E-state index in [2.05, 4.69) is 29.8 Å². The summed E-state index contributed by atoms with van der Waals surface area (Å²) < 4.78 is 7.36. The number of hydrogen-bond acceptors (Lipinski definition) is 2. The molecule has 3 heteroatoms. The average molecular weight is 339 g/mol. The Labute approximate surface area is 129 Å². The maximum absolute atomic E-state index is 10.4. The summed E-state index contributed by atoms with van der Waals surface area (Å²) in [6, 6.07) is 5.93. The molecule has 1 atom stereocenters. The van der Waals surface area contributed by atoms with Crippen molar-refractivity contribution in [2.75, 3.05) is 0 Å². The van der Waals surface area contributed by atoms with Gasteiger partial charge < -0.3 is 9.84 Å². The fourth-order valence-electron chi connectivity index (χ4n) is 3.75. The zero-order valence-electron chi connectivity index (χ0n) is 12.2. The molecule has 3 rings (SSSR count). The van der Waals surface area contributed by atoms with E-state index in [1.165, 1.54) is 12.8 Å². The van der Waals surface area contributed by atoms with Gasteiger partial charge in [0.1, 0.15) is 11.4 Å². The Kier molecular flexibility index (Phi) is 3.85. The van der Waals surface area contributed by atoms with Gasteiger partial charge in [0.05, 0.1) is 6.10 Å². The number of hydrogen-bond donors (Lipinski definition) is 1.